The third-order valence-corrected chi connectivity index (χ3v) is 3.56. The van der Waals surface area contributed by atoms with Crippen LogP contribution in [-0.4, -0.2) is 11.4 Å². The van der Waals surface area contributed by atoms with Gasteiger partial charge in [-0.15, -0.1) is 0 Å². The normalized spacial score (nSPS) is 16.5. The van der Waals surface area contributed by atoms with Gasteiger partial charge in [-0.3, -0.25) is 4.79 Å². The maximum atomic E-state index is 12.1. The summed E-state index contributed by atoms with van der Waals surface area (Å²) >= 11 is 0. The minimum Gasteiger partial charge on any atom is -0.338 e. The number of carbonyl (C=O) groups excluding carboxylic acids is 1. The Morgan fingerprint density at radius 2 is 2.05 bits per heavy atom. The smallest absolute Gasteiger partial charge is 0.221 e. The molecule has 0 spiro atoms. The Morgan fingerprint density at radius 3 is 2.58 bits per heavy atom. The van der Waals surface area contributed by atoms with E-state index in [0.29, 0.717) is 12.3 Å². The van der Waals surface area contributed by atoms with Crippen LogP contribution in [0.4, 0.5) is 0 Å². The highest BCUT2D eigenvalue weighted by Crippen LogP contribution is 2.44. The van der Waals surface area contributed by atoms with Crippen LogP contribution in [0.1, 0.15) is 44.6 Å². The molecule has 0 radical (unpaired) electrons. The van der Waals surface area contributed by atoms with Crippen molar-refractivity contribution in [3.05, 3.63) is 35.9 Å². The molecular formula is C16H20N2O. The Morgan fingerprint density at radius 1 is 1.42 bits per heavy atom. The highest BCUT2D eigenvalue weighted by molar-refractivity contribution is 5.78. The van der Waals surface area contributed by atoms with Gasteiger partial charge in [-0.25, -0.2) is 0 Å². The van der Waals surface area contributed by atoms with Gasteiger partial charge >= 0.3 is 0 Å². The molecule has 3 nitrogen and oxygen atoms in total. The van der Waals surface area contributed by atoms with Gasteiger partial charge in [0.05, 0.1) is 6.07 Å². The van der Waals surface area contributed by atoms with Crippen molar-refractivity contribution in [1.29, 1.82) is 5.26 Å². The molecule has 1 aliphatic carbocycles. The third kappa shape index (κ3) is 3.82. The number of nitrogens with zero attached hydrogens (tertiary/aromatic N) is 1. The molecule has 0 aliphatic heterocycles. The van der Waals surface area contributed by atoms with E-state index in [1.165, 1.54) is 18.4 Å². The van der Waals surface area contributed by atoms with Gasteiger partial charge in [-0.2, -0.15) is 5.26 Å². The molecule has 0 saturated heterocycles. The van der Waals surface area contributed by atoms with Crippen LogP contribution in [0.25, 0.3) is 0 Å². The molecule has 1 fully saturated rings. The van der Waals surface area contributed by atoms with Gasteiger partial charge in [-0.05, 0) is 44.1 Å². The lowest BCUT2D eigenvalue weighted by Gasteiger charge is -2.21. The van der Waals surface area contributed by atoms with Gasteiger partial charge in [0.15, 0.2) is 0 Å². The van der Waals surface area contributed by atoms with Gasteiger partial charge in [-0.1, -0.05) is 30.3 Å². The zero-order chi connectivity index (χ0) is 13.9. The number of nitrogens with one attached hydrogen (secondary N) is 1. The number of nitriles is 1. The summed E-state index contributed by atoms with van der Waals surface area (Å²) in [5.74, 6) is 0.876. The van der Waals surface area contributed by atoms with Gasteiger partial charge in [0.1, 0.15) is 5.54 Å². The number of hydrogen-bond donors (Lipinski definition) is 1. The van der Waals surface area contributed by atoms with Gasteiger partial charge in [0, 0.05) is 6.42 Å². The first kappa shape index (κ1) is 13.6. The van der Waals surface area contributed by atoms with E-state index in [1.807, 2.05) is 18.2 Å². The monoisotopic (exact) mass is 256 g/mol. The van der Waals surface area contributed by atoms with Crippen LogP contribution in [0.15, 0.2) is 30.3 Å². The number of hydrogen-bond acceptors (Lipinski definition) is 2. The van der Waals surface area contributed by atoms with Gasteiger partial charge < -0.3 is 5.32 Å². The van der Waals surface area contributed by atoms with E-state index in [-0.39, 0.29) is 11.8 Å². The standard InChI is InChI=1S/C16H20N2O/c1-16(2,11-17)18-15(19)10-14(13-8-9-13)12-6-4-3-5-7-12/h3-7,13-14H,8-10H2,1-2H3,(H,18,19). The summed E-state index contributed by atoms with van der Waals surface area (Å²) in [7, 11) is 0. The molecule has 1 aromatic carbocycles. The summed E-state index contributed by atoms with van der Waals surface area (Å²) in [5, 5.41) is 11.7. The van der Waals surface area contributed by atoms with E-state index in [1.54, 1.807) is 13.8 Å². The fourth-order valence-corrected chi connectivity index (χ4v) is 2.38. The molecule has 0 aromatic heterocycles. The largest absolute Gasteiger partial charge is 0.338 e. The topological polar surface area (TPSA) is 52.9 Å². The third-order valence-electron chi connectivity index (χ3n) is 3.56. The molecule has 1 N–H and O–H groups in total. The lowest BCUT2D eigenvalue weighted by atomic mass is 9.90. The predicted molar refractivity (Wildman–Crippen MR) is 74.4 cm³/mol. The van der Waals surface area contributed by atoms with Crippen LogP contribution in [0.5, 0.6) is 0 Å². The molecule has 100 valence electrons. The summed E-state index contributed by atoms with van der Waals surface area (Å²) in [5.41, 5.74) is 0.442. The van der Waals surface area contributed by atoms with E-state index < -0.39 is 5.54 Å². The van der Waals surface area contributed by atoms with E-state index in [9.17, 15) is 4.79 Å². The summed E-state index contributed by atoms with van der Waals surface area (Å²) in [6, 6.07) is 12.3. The molecule has 1 aliphatic rings. The van der Waals surface area contributed by atoms with Crippen molar-refractivity contribution in [3.63, 3.8) is 0 Å². The quantitative estimate of drug-likeness (QED) is 0.880. The minimum absolute atomic E-state index is 0.0349. The minimum atomic E-state index is -0.790. The lowest BCUT2D eigenvalue weighted by molar-refractivity contribution is -0.122. The molecule has 1 saturated carbocycles. The second-order valence-corrected chi connectivity index (χ2v) is 5.84. The highest BCUT2D eigenvalue weighted by atomic mass is 16.1. The molecule has 2 rings (SSSR count). The number of amides is 1. The van der Waals surface area contributed by atoms with Crippen molar-refractivity contribution in [2.24, 2.45) is 5.92 Å². The van der Waals surface area contributed by atoms with Crippen LogP contribution >= 0.6 is 0 Å². The average Bonchev–Trinajstić information content (AvgIpc) is 3.21. The molecule has 1 atom stereocenters. The van der Waals surface area contributed by atoms with Crippen molar-refractivity contribution in [2.45, 2.75) is 44.6 Å². The fourth-order valence-electron chi connectivity index (χ4n) is 2.38. The van der Waals surface area contributed by atoms with Crippen LogP contribution < -0.4 is 5.32 Å². The Hall–Kier alpha value is -1.82. The SMILES string of the molecule is CC(C)(C#N)NC(=O)CC(c1ccccc1)C1CC1. The molecule has 1 aromatic rings. The Labute approximate surface area is 114 Å². The Bertz CT molecular complexity index is 483. The summed E-state index contributed by atoms with van der Waals surface area (Å²) in [6.07, 6.45) is 2.88. The molecule has 1 unspecified atom stereocenters. The first-order valence-electron chi connectivity index (χ1n) is 6.79. The average molecular weight is 256 g/mol. The fraction of sp³-hybridized carbons (Fsp3) is 0.500. The van der Waals surface area contributed by atoms with Gasteiger partial charge in [0.25, 0.3) is 0 Å². The highest BCUT2D eigenvalue weighted by Gasteiger charge is 2.34. The van der Waals surface area contributed by atoms with Gasteiger partial charge in [0.2, 0.25) is 5.91 Å². The van der Waals surface area contributed by atoms with E-state index in [2.05, 4.69) is 23.5 Å². The number of benzene rings is 1. The van der Waals surface area contributed by atoms with Crippen molar-refractivity contribution >= 4 is 5.91 Å². The van der Waals surface area contributed by atoms with Crippen LogP contribution in [0.2, 0.25) is 0 Å². The van der Waals surface area contributed by atoms with E-state index in [0.717, 1.165) is 0 Å². The Balaban J connectivity index is 2.03. The lowest BCUT2D eigenvalue weighted by Crippen LogP contribution is -2.42. The van der Waals surface area contributed by atoms with Crippen molar-refractivity contribution in [3.8, 4) is 6.07 Å². The number of carbonyl (C=O) groups is 1. The maximum absolute atomic E-state index is 12.1. The first-order chi connectivity index (χ1) is 9.02. The molecule has 0 heterocycles. The molecular weight excluding hydrogens is 236 g/mol. The molecule has 1 amide bonds. The summed E-state index contributed by atoms with van der Waals surface area (Å²) < 4.78 is 0. The maximum Gasteiger partial charge on any atom is 0.221 e. The Kier molecular flexibility index (Phi) is 3.90. The van der Waals surface area contributed by atoms with Crippen LogP contribution in [0, 0.1) is 17.2 Å². The predicted octanol–water partition coefficient (Wildman–Crippen LogP) is 2.99. The van der Waals surface area contributed by atoms with Crippen molar-refractivity contribution in [1.82, 2.24) is 5.32 Å². The van der Waals surface area contributed by atoms with Crippen molar-refractivity contribution in [2.75, 3.05) is 0 Å². The summed E-state index contributed by atoms with van der Waals surface area (Å²) in [6.45, 7) is 3.44. The zero-order valence-electron chi connectivity index (χ0n) is 11.5. The molecule has 0 bridgehead atoms. The number of rotatable bonds is 5. The van der Waals surface area contributed by atoms with E-state index in [4.69, 9.17) is 5.26 Å². The molecule has 19 heavy (non-hydrogen) atoms. The van der Waals surface area contributed by atoms with Crippen LogP contribution in [-0.2, 0) is 4.79 Å². The molecule has 3 heteroatoms. The van der Waals surface area contributed by atoms with E-state index >= 15 is 0 Å². The van der Waals surface area contributed by atoms with Crippen molar-refractivity contribution < 1.29 is 4.79 Å². The second kappa shape index (κ2) is 5.44. The second-order valence-electron chi connectivity index (χ2n) is 5.84. The van der Waals surface area contributed by atoms with Crippen LogP contribution in [0.3, 0.4) is 0 Å². The summed E-state index contributed by atoms with van der Waals surface area (Å²) in [4.78, 5) is 12.1. The first-order valence-corrected chi connectivity index (χ1v) is 6.79. The zero-order valence-corrected chi connectivity index (χ0v) is 11.5.